The lowest BCUT2D eigenvalue weighted by Gasteiger charge is -2.23. The largest absolute Gasteiger partial charge is 0.497 e. The summed E-state index contributed by atoms with van der Waals surface area (Å²) in [6.45, 7) is 7.27. The van der Waals surface area contributed by atoms with Gasteiger partial charge in [0.05, 0.1) is 7.11 Å². The monoisotopic (exact) mass is 504 g/mol. The number of fused-ring (bicyclic) bond motifs is 1. The van der Waals surface area contributed by atoms with Crippen molar-refractivity contribution in [2.75, 3.05) is 18.6 Å². The molecule has 0 saturated carbocycles. The predicted octanol–water partition coefficient (Wildman–Crippen LogP) is 4.22. The van der Waals surface area contributed by atoms with Gasteiger partial charge in [-0.1, -0.05) is 30.3 Å². The van der Waals surface area contributed by atoms with Crippen LogP contribution in [0.4, 0.5) is 11.6 Å². The Morgan fingerprint density at radius 2 is 1.92 bits per heavy atom. The predicted molar refractivity (Wildman–Crippen MR) is 139 cm³/mol. The van der Waals surface area contributed by atoms with Gasteiger partial charge in [0, 0.05) is 17.9 Å². The number of hydrogen-bond acceptors (Lipinski definition) is 8. The van der Waals surface area contributed by atoms with Crippen LogP contribution in [0.15, 0.2) is 54.7 Å². The van der Waals surface area contributed by atoms with Gasteiger partial charge in [-0.3, -0.25) is 9.59 Å². The molecule has 194 valence electrons. The van der Waals surface area contributed by atoms with Gasteiger partial charge >= 0.3 is 5.97 Å². The van der Waals surface area contributed by atoms with Crippen LogP contribution in [0.1, 0.15) is 49.2 Å². The fourth-order valence-corrected chi connectivity index (χ4v) is 4.15. The molecule has 1 aliphatic heterocycles. The molecular formula is C28H32N4O5. The standard InChI is InChI=1S/C28H32N4O5/c1-18-13-20-10-6-7-12-23(20)32(18)27-30-15-22(25(34)29-16-24(33)37-28(2,3)4)26(31-27)36-17-19-9-8-11-21(14-19)35-5/h6-12,14-15,18H,13,16-17H2,1-5H3,(H,29,34). The zero-order valence-electron chi connectivity index (χ0n) is 21.8. The lowest BCUT2D eigenvalue weighted by Crippen LogP contribution is -2.35. The van der Waals surface area contributed by atoms with Gasteiger partial charge in [-0.05, 0) is 63.4 Å². The molecule has 4 rings (SSSR count). The van der Waals surface area contributed by atoms with E-state index in [4.69, 9.17) is 14.2 Å². The number of carbonyl (C=O) groups is 2. The molecule has 3 aromatic rings. The summed E-state index contributed by atoms with van der Waals surface area (Å²) < 4.78 is 16.6. The lowest BCUT2D eigenvalue weighted by molar-refractivity contribution is -0.153. The Labute approximate surface area is 216 Å². The first-order valence-corrected chi connectivity index (χ1v) is 12.1. The summed E-state index contributed by atoms with van der Waals surface area (Å²) in [5, 5.41) is 2.58. The summed E-state index contributed by atoms with van der Waals surface area (Å²) in [6, 6.07) is 15.7. The first-order chi connectivity index (χ1) is 17.6. The van der Waals surface area contributed by atoms with Crippen molar-refractivity contribution in [2.45, 2.75) is 52.4 Å². The molecule has 1 aliphatic rings. The SMILES string of the molecule is COc1cccc(COc2nc(N3c4ccccc4CC3C)ncc2C(=O)NCC(=O)OC(C)(C)C)c1. The molecule has 1 N–H and O–H groups in total. The second-order valence-electron chi connectivity index (χ2n) is 9.85. The number of nitrogens with one attached hydrogen (secondary N) is 1. The normalized spacial score (nSPS) is 14.6. The minimum atomic E-state index is -0.652. The van der Waals surface area contributed by atoms with Crippen molar-refractivity contribution < 1.29 is 23.8 Å². The van der Waals surface area contributed by atoms with E-state index in [2.05, 4.69) is 28.3 Å². The van der Waals surface area contributed by atoms with E-state index in [0.29, 0.717) is 11.7 Å². The number of aromatic nitrogens is 2. The van der Waals surface area contributed by atoms with Crippen molar-refractivity contribution >= 4 is 23.5 Å². The van der Waals surface area contributed by atoms with Crippen molar-refractivity contribution in [1.29, 1.82) is 0 Å². The molecule has 1 unspecified atom stereocenters. The Bertz CT molecular complexity index is 1290. The average Bonchev–Trinajstić information content (AvgIpc) is 3.20. The molecule has 1 aromatic heterocycles. The van der Waals surface area contributed by atoms with Gasteiger partial charge in [0.1, 0.15) is 30.1 Å². The molecule has 0 fully saturated rings. The van der Waals surface area contributed by atoms with Crippen LogP contribution in [-0.4, -0.2) is 47.1 Å². The molecule has 9 nitrogen and oxygen atoms in total. The van der Waals surface area contributed by atoms with Crippen molar-refractivity contribution in [1.82, 2.24) is 15.3 Å². The summed E-state index contributed by atoms with van der Waals surface area (Å²) in [4.78, 5) is 36.3. The van der Waals surface area contributed by atoms with Crippen LogP contribution in [0.2, 0.25) is 0 Å². The zero-order chi connectivity index (χ0) is 26.6. The Hall–Kier alpha value is -4.14. The van der Waals surface area contributed by atoms with Crippen molar-refractivity contribution in [3.63, 3.8) is 0 Å². The van der Waals surface area contributed by atoms with E-state index in [1.54, 1.807) is 27.9 Å². The third-order valence-electron chi connectivity index (χ3n) is 5.73. The van der Waals surface area contributed by atoms with E-state index in [-0.39, 0.29) is 30.6 Å². The molecule has 2 aromatic carbocycles. The van der Waals surface area contributed by atoms with Crippen LogP contribution in [0.5, 0.6) is 11.6 Å². The number of nitrogens with zero attached hydrogens (tertiary/aromatic N) is 3. The van der Waals surface area contributed by atoms with E-state index in [1.807, 2.05) is 47.4 Å². The fraction of sp³-hybridized carbons (Fsp3) is 0.357. The minimum Gasteiger partial charge on any atom is -0.497 e. The first kappa shape index (κ1) is 25.9. The number of amides is 1. The highest BCUT2D eigenvalue weighted by molar-refractivity contribution is 5.97. The van der Waals surface area contributed by atoms with Crippen molar-refractivity contribution in [3.05, 3.63) is 71.4 Å². The highest BCUT2D eigenvalue weighted by Gasteiger charge is 2.30. The molecule has 0 bridgehead atoms. The van der Waals surface area contributed by atoms with Crippen molar-refractivity contribution in [3.8, 4) is 11.6 Å². The van der Waals surface area contributed by atoms with Crippen LogP contribution in [0, 0.1) is 0 Å². The van der Waals surface area contributed by atoms with Gasteiger partial charge in [-0.25, -0.2) is 4.98 Å². The second kappa shape index (κ2) is 10.9. The number of anilines is 2. The van der Waals surface area contributed by atoms with E-state index >= 15 is 0 Å². The average molecular weight is 505 g/mol. The molecule has 0 saturated heterocycles. The first-order valence-electron chi connectivity index (χ1n) is 12.1. The summed E-state index contributed by atoms with van der Waals surface area (Å²) in [6.07, 6.45) is 2.29. The molecule has 0 radical (unpaired) electrons. The van der Waals surface area contributed by atoms with Crippen LogP contribution in [-0.2, 0) is 22.6 Å². The number of rotatable bonds is 8. The smallest absolute Gasteiger partial charge is 0.325 e. The van der Waals surface area contributed by atoms with Crippen LogP contribution < -0.4 is 19.7 Å². The maximum atomic E-state index is 13.0. The van der Waals surface area contributed by atoms with Crippen LogP contribution in [0.3, 0.4) is 0 Å². The maximum absolute atomic E-state index is 13.0. The highest BCUT2D eigenvalue weighted by Crippen LogP contribution is 2.37. The number of carbonyl (C=O) groups excluding carboxylic acids is 2. The highest BCUT2D eigenvalue weighted by atomic mass is 16.6. The van der Waals surface area contributed by atoms with Gasteiger partial charge in [0.25, 0.3) is 5.91 Å². The van der Waals surface area contributed by atoms with E-state index < -0.39 is 17.5 Å². The summed E-state index contributed by atoms with van der Waals surface area (Å²) in [7, 11) is 1.60. The Kier molecular flexibility index (Phi) is 7.61. The fourth-order valence-electron chi connectivity index (χ4n) is 4.15. The van der Waals surface area contributed by atoms with Crippen molar-refractivity contribution in [2.24, 2.45) is 0 Å². The quantitative estimate of drug-likeness (QED) is 0.455. The van der Waals surface area contributed by atoms with E-state index in [9.17, 15) is 9.59 Å². The van der Waals surface area contributed by atoms with E-state index in [0.717, 1.165) is 17.7 Å². The number of para-hydroxylation sites is 1. The molecule has 2 heterocycles. The van der Waals surface area contributed by atoms with Gasteiger partial charge in [-0.2, -0.15) is 4.98 Å². The summed E-state index contributed by atoms with van der Waals surface area (Å²) >= 11 is 0. The van der Waals surface area contributed by atoms with Gasteiger partial charge in [0.15, 0.2) is 0 Å². The molecule has 1 amide bonds. The van der Waals surface area contributed by atoms with Gasteiger partial charge < -0.3 is 24.4 Å². The molecule has 0 spiro atoms. The van der Waals surface area contributed by atoms with Crippen LogP contribution >= 0.6 is 0 Å². The molecule has 0 aliphatic carbocycles. The molecule has 1 atom stereocenters. The number of methoxy groups -OCH3 is 1. The minimum absolute atomic E-state index is 0.117. The Balaban J connectivity index is 1.60. The summed E-state index contributed by atoms with van der Waals surface area (Å²) in [5.41, 5.74) is 2.54. The Morgan fingerprint density at radius 1 is 1.14 bits per heavy atom. The Morgan fingerprint density at radius 3 is 2.68 bits per heavy atom. The summed E-state index contributed by atoms with van der Waals surface area (Å²) in [5.74, 6) is 0.169. The molecule has 9 heteroatoms. The number of hydrogen-bond donors (Lipinski definition) is 1. The maximum Gasteiger partial charge on any atom is 0.325 e. The topological polar surface area (TPSA) is 103 Å². The molecule has 37 heavy (non-hydrogen) atoms. The second-order valence-corrected chi connectivity index (χ2v) is 9.85. The third kappa shape index (κ3) is 6.35. The van der Waals surface area contributed by atoms with Gasteiger partial charge in [-0.15, -0.1) is 0 Å². The van der Waals surface area contributed by atoms with Gasteiger partial charge in [0.2, 0.25) is 11.8 Å². The third-order valence-corrected chi connectivity index (χ3v) is 5.73. The number of esters is 1. The number of benzene rings is 2. The number of ether oxygens (including phenoxy) is 3. The van der Waals surface area contributed by atoms with E-state index in [1.165, 1.54) is 11.8 Å². The molecular weight excluding hydrogens is 472 g/mol. The lowest BCUT2D eigenvalue weighted by atomic mass is 10.1. The zero-order valence-corrected chi connectivity index (χ0v) is 21.8. The van der Waals surface area contributed by atoms with Crippen LogP contribution in [0.25, 0.3) is 0 Å².